The molecule has 2 unspecified atom stereocenters. The molecule has 0 spiro atoms. The number of para-hydroxylation sites is 1. The van der Waals surface area contributed by atoms with Crippen LogP contribution in [0.15, 0.2) is 59.7 Å². The Labute approximate surface area is 186 Å². The molecule has 11 heteroatoms. The number of carbonyl (C=O) groups is 3. The number of hydrogen-bond acceptors (Lipinski definition) is 5. The van der Waals surface area contributed by atoms with Gasteiger partial charge in [-0.3, -0.25) is 9.59 Å². The van der Waals surface area contributed by atoms with Crippen molar-refractivity contribution in [3.8, 4) is 0 Å². The van der Waals surface area contributed by atoms with Crippen molar-refractivity contribution in [2.45, 2.75) is 25.6 Å². The molecule has 2 atom stereocenters. The molecular formula is C22H19F4N3O4. The van der Waals surface area contributed by atoms with E-state index in [0.29, 0.717) is 6.07 Å². The van der Waals surface area contributed by atoms with E-state index in [2.05, 4.69) is 9.84 Å². The molecule has 33 heavy (non-hydrogen) atoms. The number of carbonyl (C=O) groups excluding carboxylic acids is 3. The smallest absolute Gasteiger partial charge is 0.423 e. The van der Waals surface area contributed by atoms with Crippen molar-refractivity contribution in [1.82, 2.24) is 5.32 Å². The van der Waals surface area contributed by atoms with Crippen molar-refractivity contribution in [2.24, 2.45) is 11.0 Å². The summed E-state index contributed by atoms with van der Waals surface area (Å²) in [5.41, 5.74) is -4.48. The highest BCUT2D eigenvalue weighted by atomic mass is 19.4. The van der Waals surface area contributed by atoms with E-state index in [0.717, 1.165) is 30.1 Å². The third-order valence-corrected chi connectivity index (χ3v) is 5.01. The summed E-state index contributed by atoms with van der Waals surface area (Å²) < 4.78 is 62.1. The normalized spacial score (nSPS) is 17.9. The van der Waals surface area contributed by atoms with Crippen LogP contribution in [0.5, 0.6) is 0 Å². The van der Waals surface area contributed by atoms with Gasteiger partial charge in [0.05, 0.1) is 18.0 Å². The van der Waals surface area contributed by atoms with Gasteiger partial charge in [-0.2, -0.15) is 18.3 Å². The van der Waals surface area contributed by atoms with E-state index in [1.807, 2.05) is 0 Å². The highest BCUT2D eigenvalue weighted by Crippen LogP contribution is 2.42. The van der Waals surface area contributed by atoms with Crippen LogP contribution in [-0.4, -0.2) is 41.8 Å². The molecule has 2 aromatic carbocycles. The largest absolute Gasteiger partial charge is 0.464 e. The average Bonchev–Trinajstić information content (AvgIpc) is 3.06. The number of anilines is 1. The molecule has 0 aromatic heterocycles. The van der Waals surface area contributed by atoms with Gasteiger partial charge >= 0.3 is 12.1 Å². The summed E-state index contributed by atoms with van der Waals surface area (Å²) in [6, 6.07) is 11.5. The highest BCUT2D eigenvalue weighted by molar-refractivity contribution is 6.19. The average molecular weight is 465 g/mol. The number of hydrazone groups is 1. The van der Waals surface area contributed by atoms with Crippen LogP contribution in [0.25, 0.3) is 0 Å². The van der Waals surface area contributed by atoms with Crippen molar-refractivity contribution >= 4 is 29.2 Å². The van der Waals surface area contributed by atoms with Gasteiger partial charge in [0.2, 0.25) is 0 Å². The molecule has 2 amide bonds. The molecular weight excluding hydrogens is 446 g/mol. The van der Waals surface area contributed by atoms with Crippen LogP contribution in [0, 0.1) is 11.7 Å². The molecule has 0 radical (unpaired) electrons. The molecule has 7 nitrogen and oxygen atoms in total. The van der Waals surface area contributed by atoms with E-state index in [-0.39, 0.29) is 11.4 Å². The lowest BCUT2D eigenvalue weighted by Gasteiger charge is -2.37. The van der Waals surface area contributed by atoms with E-state index in [1.165, 1.54) is 19.1 Å². The fourth-order valence-corrected chi connectivity index (χ4v) is 3.54. The standard InChI is InChI=1S/C22H19F4N3O4/c1-3-33-20(32)21(22(24,25)26,27-18(30)14-8-7-9-15(23)12-14)17-13(2)28-29(19(17)31)16-10-5-4-6-11-16/h4-12,17H,3H2,1-2H3,(H,27,30). The summed E-state index contributed by atoms with van der Waals surface area (Å²) in [7, 11) is 0. The van der Waals surface area contributed by atoms with E-state index in [9.17, 15) is 31.9 Å². The molecule has 0 bridgehead atoms. The number of halogens is 4. The van der Waals surface area contributed by atoms with E-state index >= 15 is 0 Å². The van der Waals surface area contributed by atoms with Crippen molar-refractivity contribution < 1.29 is 36.7 Å². The molecule has 0 saturated heterocycles. The molecule has 1 N–H and O–H groups in total. The number of nitrogens with one attached hydrogen (secondary N) is 1. The SMILES string of the molecule is CCOC(=O)C(NC(=O)c1cccc(F)c1)(C1C(=O)N(c2ccccc2)N=C1C)C(F)(F)F. The summed E-state index contributed by atoms with van der Waals surface area (Å²) >= 11 is 0. The quantitative estimate of drug-likeness (QED) is 0.523. The number of esters is 1. The second-order valence-corrected chi connectivity index (χ2v) is 7.15. The van der Waals surface area contributed by atoms with Crippen molar-refractivity contribution in [2.75, 3.05) is 11.6 Å². The molecule has 0 fully saturated rings. The summed E-state index contributed by atoms with van der Waals surface area (Å²) in [6.45, 7) is 1.96. The zero-order valence-corrected chi connectivity index (χ0v) is 17.5. The number of benzene rings is 2. The van der Waals surface area contributed by atoms with Crippen molar-refractivity contribution in [3.63, 3.8) is 0 Å². The topological polar surface area (TPSA) is 88.1 Å². The van der Waals surface area contributed by atoms with Gasteiger partial charge in [-0.1, -0.05) is 24.3 Å². The van der Waals surface area contributed by atoms with E-state index in [1.54, 1.807) is 23.5 Å². The van der Waals surface area contributed by atoms with Gasteiger partial charge in [-0.25, -0.2) is 14.2 Å². The van der Waals surface area contributed by atoms with Gasteiger partial charge < -0.3 is 10.1 Å². The van der Waals surface area contributed by atoms with Gasteiger partial charge in [0.25, 0.3) is 17.4 Å². The number of alkyl halides is 3. The predicted octanol–water partition coefficient (Wildman–Crippen LogP) is 3.46. The van der Waals surface area contributed by atoms with Crippen LogP contribution in [0.3, 0.4) is 0 Å². The van der Waals surface area contributed by atoms with Gasteiger partial charge in [0.15, 0.2) is 0 Å². The monoisotopic (exact) mass is 465 g/mol. The Kier molecular flexibility index (Phi) is 6.52. The maximum absolute atomic E-state index is 14.6. The minimum Gasteiger partial charge on any atom is -0.464 e. The summed E-state index contributed by atoms with van der Waals surface area (Å²) in [6.07, 6.45) is -5.48. The molecule has 174 valence electrons. The summed E-state index contributed by atoms with van der Waals surface area (Å²) in [5, 5.41) is 6.29. The van der Waals surface area contributed by atoms with Crippen LogP contribution in [0.1, 0.15) is 24.2 Å². The highest BCUT2D eigenvalue weighted by Gasteiger charge is 2.71. The molecule has 0 aliphatic carbocycles. The minimum absolute atomic E-state index is 0.167. The maximum atomic E-state index is 14.6. The molecule has 2 aromatic rings. The Hall–Kier alpha value is -3.76. The predicted molar refractivity (Wildman–Crippen MR) is 110 cm³/mol. The Morgan fingerprint density at radius 3 is 2.36 bits per heavy atom. The first-order chi connectivity index (χ1) is 15.5. The Morgan fingerprint density at radius 1 is 1.12 bits per heavy atom. The van der Waals surface area contributed by atoms with E-state index in [4.69, 9.17) is 0 Å². The summed E-state index contributed by atoms with van der Waals surface area (Å²) in [5.74, 6) is -7.62. The Bertz CT molecular complexity index is 1100. The number of ether oxygens (including phenoxy) is 1. The fraction of sp³-hybridized carbons (Fsp3) is 0.273. The second-order valence-electron chi connectivity index (χ2n) is 7.15. The van der Waals surface area contributed by atoms with Crippen molar-refractivity contribution in [3.05, 3.63) is 66.0 Å². The van der Waals surface area contributed by atoms with Crippen LogP contribution >= 0.6 is 0 Å². The number of hydrogen-bond donors (Lipinski definition) is 1. The minimum atomic E-state index is -5.48. The third-order valence-electron chi connectivity index (χ3n) is 5.01. The Balaban J connectivity index is 2.14. The van der Waals surface area contributed by atoms with Gasteiger partial charge in [-0.05, 0) is 44.2 Å². The van der Waals surface area contributed by atoms with Gasteiger partial charge in [0.1, 0.15) is 11.7 Å². The number of nitrogens with zero attached hydrogens (tertiary/aromatic N) is 2. The number of rotatable bonds is 6. The second kappa shape index (κ2) is 9.00. The maximum Gasteiger partial charge on any atom is 0.423 e. The molecule has 3 rings (SSSR count). The van der Waals surface area contributed by atoms with Crippen LogP contribution in [0.2, 0.25) is 0 Å². The summed E-state index contributed by atoms with van der Waals surface area (Å²) in [4.78, 5) is 38.7. The first-order valence-electron chi connectivity index (χ1n) is 9.79. The van der Waals surface area contributed by atoms with E-state index < -0.39 is 53.4 Å². The van der Waals surface area contributed by atoms with Gasteiger partial charge in [0, 0.05) is 5.56 Å². The van der Waals surface area contributed by atoms with Crippen LogP contribution in [0.4, 0.5) is 23.2 Å². The fourth-order valence-electron chi connectivity index (χ4n) is 3.54. The molecule has 1 aliphatic heterocycles. The lowest BCUT2D eigenvalue weighted by Crippen LogP contribution is -2.71. The zero-order valence-electron chi connectivity index (χ0n) is 17.5. The first kappa shape index (κ1) is 23.9. The van der Waals surface area contributed by atoms with Gasteiger partial charge in [-0.15, -0.1) is 0 Å². The Morgan fingerprint density at radius 2 is 1.79 bits per heavy atom. The third kappa shape index (κ3) is 4.30. The van der Waals surface area contributed by atoms with Crippen LogP contribution < -0.4 is 10.3 Å². The zero-order chi connectivity index (χ0) is 24.4. The lowest BCUT2D eigenvalue weighted by atomic mass is 9.79. The lowest BCUT2D eigenvalue weighted by molar-refractivity contribution is -0.217. The first-order valence-corrected chi connectivity index (χ1v) is 9.79. The van der Waals surface area contributed by atoms with Crippen molar-refractivity contribution in [1.29, 1.82) is 0 Å². The molecule has 0 saturated carbocycles. The molecule has 1 heterocycles. The number of amides is 2. The molecule has 1 aliphatic rings. The van der Waals surface area contributed by atoms with Crippen LogP contribution in [-0.2, 0) is 14.3 Å².